The molecule has 2 N–H and O–H groups in total. The van der Waals surface area contributed by atoms with Crippen LogP contribution in [0.15, 0.2) is 53.5 Å². The van der Waals surface area contributed by atoms with Gasteiger partial charge in [0.15, 0.2) is 5.96 Å². The number of benzene rings is 2. The summed E-state index contributed by atoms with van der Waals surface area (Å²) in [5, 5.41) is 6.92. The van der Waals surface area contributed by atoms with E-state index in [-0.39, 0.29) is 30.0 Å². The number of nitrogens with one attached hydrogen (secondary N) is 2. The second-order valence-corrected chi connectivity index (χ2v) is 7.50. The average molecular weight is 538 g/mol. The third kappa shape index (κ3) is 7.97. The molecule has 7 heteroatoms. The number of hydrogen-bond acceptors (Lipinski definition) is 4. The zero-order valence-electron chi connectivity index (χ0n) is 18.8. The lowest BCUT2D eigenvalue weighted by atomic mass is 10.0. The van der Waals surface area contributed by atoms with Crippen molar-refractivity contribution in [1.82, 2.24) is 15.5 Å². The summed E-state index contributed by atoms with van der Waals surface area (Å²) in [5.41, 5.74) is 3.75. The van der Waals surface area contributed by atoms with Crippen molar-refractivity contribution >= 4 is 29.9 Å². The minimum atomic E-state index is 0. The van der Waals surface area contributed by atoms with Crippen LogP contribution < -0.4 is 15.4 Å². The molecule has 2 aromatic rings. The van der Waals surface area contributed by atoms with Gasteiger partial charge in [-0.25, -0.2) is 4.99 Å². The minimum absolute atomic E-state index is 0. The van der Waals surface area contributed by atoms with Crippen molar-refractivity contribution in [3.63, 3.8) is 0 Å². The first kappa shape index (κ1) is 25.4. The van der Waals surface area contributed by atoms with E-state index in [0.717, 1.165) is 56.7 Å². The number of morpholine rings is 1. The van der Waals surface area contributed by atoms with Crippen molar-refractivity contribution < 1.29 is 9.47 Å². The van der Waals surface area contributed by atoms with Crippen LogP contribution in [0.1, 0.15) is 29.7 Å². The molecule has 6 nitrogen and oxygen atoms in total. The maximum Gasteiger partial charge on any atom is 0.191 e. The van der Waals surface area contributed by atoms with Gasteiger partial charge in [-0.1, -0.05) is 42.0 Å². The van der Waals surface area contributed by atoms with E-state index in [1.807, 2.05) is 12.1 Å². The van der Waals surface area contributed by atoms with E-state index in [2.05, 4.69) is 65.8 Å². The van der Waals surface area contributed by atoms with Crippen molar-refractivity contribution in [2.24, 2.45) is 4.99 Å². The van der Waals surface area contributed by atoms with Gasteiger partial charge in [-0.15, -0.1) is 24.0 Å². The van der Waals surface area contributed by atoms with Crippen LogP contribution in [0.5, 0.6) is 5.75 Å². The summed E-state index contributed by atoms with van der Waals surface area (Å²) in [6.45, 7) is 9.90. The van der Waals surface area contributed by atoms with Crippen molar-refractivity contribution in [3.8, 4) is 5.75 Å². The molecule has 1 unspecified atom stereocenters. The van der Waals surface area contributed by atoms with Gasteiger partial charge in [0.05, 0.1) is 32.9 Å². The highest BCUT2D eigenvalue weighted by Gasteiger charge is 2.22. The average Bonchev–Trinajstić information content (AvgIpc) is 2.79. The molecule has 1 saturated heterocycles. The molecule has 0 amide bonds. The van der Waals surface area contributed by atoms with E-state index in [0.29, 0.717) is 6.54 Å². The molecule has 0 aliphatic carbocycles. The van der Waals surface area contributed by atoms with Crippen molar-refractivity contribution in [3.05, 3.63) is 65.2 Å². The summed E-state index contributed by atoms with van der Waals surface area (Å²) < 4.78 is 10.8. The van der Waals surface area contributed by atoms with E-state index in [4.69, 9.17) is 14.5 Å². The number of halogens is 1. The second-order valence-electron chi connectivity index (χ2n) is 7.50. The van der Waals surface area contributed by atoms with Crippen LogP contribution in [-0.4, -0.2) is 57.4 Å². The number of aliphatic imine (C=N–C) groups is 1. The highest BCUT2D eigenvalue weighted by molar-refractivity contribution is 14.0. The fourth-order valence-electron chi connectivity index (χ4n) is 3.57. The van der Waals surface area contributed by atoms with Crippen molar-refractivity contribution in [1.29, 1.82) is 0 Å². The predicted molar refractivity (Wildman–Crippen MR) is 138 cm³/mol. The number of hydrogen-bond donors (Lipinski definition) is 2. The van der Waals surface area contributed by atoms with Gasteiger partial charge in [0.2, 0.25) is 0 Å². The maximum atomic E-state index is 5.57. The van der Waals surface area contributed by atoms with E-state index in [1.165, 1.54) is 11.1 Å². The molecule has 31 heavy (non-hydrogen) atoms. The molecule has 0 saturated carbocycles. The summed E-state index contributed by atoms with van der Waals surface area (Å²) in [7, 11) is 1.68. The lowest BCUT2D eigenvalue weighted by Gasteiger charge is -2.35. The van der Waals surface area contributed by atoms with Gasteiger partial charge in [-0.05, 0) is 37.1 Å². The Morgan fingerprint density at radius 2 is 1.74 bits per heavy atom. The Morgan fingerprint density at radius 3 is 2.35 bits per heavy atom. The normalized spacial score (nSPS) is 15.6. The number of aryl methyl sites for hydroxylation is 1. The van der Waals surface area contributed by atoms with E-state index < -0.39 is 0 Å². The summed E-state index contributed by atoms with van der Waals surface area (Å²) in [6.07, 6.45) is 0. The molecule has 170 valence electrons. The molecule has 1 aliphatic heterocycles. The zero-order valence-corrected chi connectivity index (χ0v) is 21.1. The molecule has 2 aromatic carbocycles. The number of guanidine groups is 1. The van der Waals surface area contributed by atoms with E-state index in [9.17, 15) is 0 Å². The molecular weight excluding hydrogens is 503 g/mol. The van der Waals surface area contributed by atoms with Crippen LogP contribution in [0, 0.1) is 6.92 Å². The van der Waals surface area contributed by atoms with Crippen LogP contribution in [0.4, 0.5) is 0 Å². The highest BCUT2D eigenvalue weighted by Crippen LogP contribution is 2.22. The van der Waals surface area contributed by atoms with Gasteiger partial charge < -0.3 is 20.1 Å². The lowest BCUT2D eigenvalue weighted by molar-refractivity contribution is 0.0170. The SMILES string of the molecule is CCNC(=NCc1ccc(OC)cc1)NCC(c1ccc(C)cc1)N1CCOCC1.I. The number of ether oxygens (including phenoxy) is 2. The molecule has 0 aromatic heterocycles. The third-order valence-corrected chi connectivity index (χ3v) is 5.33. The first-order chi connectivity index (χ1) is 14.7. The third-order valence-electron chi connectivity index (χ3n) is 5.33. The summed E-state index contributed by atoms with van der Waals surface area (Å²) in [4.78, 5) is 7.27. The van der Waals surface area contributed by atoms with E-state index in [1.54, 1.807) is 7.11 Å². The molecule has 1 fully saturated rings. The molecular formula is C24H35IN4O2. The Labute approximate surface area is 203 Å². The Hall–Kier alpha value is -1.84. The Kier molecular flexibility index (Phi) is 11.1. The quantitative estimate of drug-likeness (QED) is 0.305. The fourth-order valence-corrected chi connectivity index (χ4v) is 3.57. The molecule has 0 radical (unpaired) electrons. The van der Waals surface area contributed by atoms with Gasteiger partial charge >= 0.3 is 0 Å². The van der Waals surface area contributed by atoms with Crippen LogP contribution in [0.2, 0.25) is 0 Å². The Balaban J connectivity index is 0.00000341. The van der Waals surface area contributed by atoms with Crippen LogP contribution >= 0.6 is 24.0 Å². The van der Waals surface area contributed by atoms with Crippen molar-refractivity contribution in [2.45, 2.75) is 26.4 Å². The molecule has 1 atom stereocenters. The zero-order chi connectivity index (χ0) is 21.2. The van der Waals surface area contributed by atoms with Gasteiger partial charge in [-0.3, -0.25) is 4.90 Å². The molecule has 0 spiro atoms. The molecule has 3 rings (SSSR count). The van der Waals surface area contributed by atoms with Gasteiger partial charge in [0, 0.05) is 26.2 Å². The second kappa shape index (κ2) is 13.5. The van der Waals surface area contributed by atoms with Crippen molar-refractivity contribution in [2.75, 3.05) is 46.5 Å². The number of rotatable bonds is 8. The van der Waals surface area contributed by atoms with Gasteiger partial charge in [0.25, 0.3) is 0 Å². The predicted octanol–water partition coefficient (Wildman–Crippen LogP) is 3.75. The Morgan fingerprint density at radius 1 is 1.06 bits per heavy atom. The monoisotopic (exact) mass is 538 g/mol. The largest absolute Gasteiger partial charge is 0.497 e. The molecule has 1 aliphatic rings. The van der Waals surface area contributed by atoms with Crippen LogP contribution in [0.25, 0.3) is 0 Å². The number of nitrogens with zero attached hydrogens (tertiary/aromatic N) is 2. The smallest absolute Gasteiger partial charge is 0.191 e. The summed E-state index contributed by atoms with van der Waals surface area (Å²) in [5.74, 6) is 1.69. The first-order valence-electron chi connectivity index (χ1n) is 10.7. The highest BCUT2D eigenvalue weighted by atomic mass is 127. The Bertz CT molecular complexity index is 790. The topological polar surface area (TPSA) is 58.1 Å². The lowest BCUT2D eigenvalue weighted by Crippen LogP contribution is -2.46. The standard InChI is InChI=1S/C24H34N4O2.HI/c1-4-25-24(26-17-20-7-11-22(29-3)12-8-20)27-18-23(28-13-15-30-16-14-28)21-9-5-19(2)6-10-21;/h5-12,23H,4,13-18H2,1-3H3,(H2,25,26,27);1H. The van der Waals surface area contributed by atoms with E-state index >= 15 is 0 Å². The molecule has 0 bridgehead atoms. The summed E-state index contributed by atoms with van der Waals surface area (Å²) >= 11 is 0. The minimum Gasteiger partial charge on any atom is -0.497 e. The van der Waals surface area contributed by atoms with Crippen LogP contribution in [0.3, 0.4) is 0 Å². The van der Waals surface area contributed by atoms with Gasteiger partial charge in [-0.2, -0.15) is 0 Å². The van der Waals surface area contributed by atoms with Gasteiger partial charge in [0.1, 0.15) is 5.75 Å². The first-order valence-corrected chi connectivity index (χ1v) is 10.7. The maximum absolute atomic E-state index is 5.57. The summed E-state index contributed by atoms with van der Waals surface area (Å²) in [6, 6.07) is 17.2. The van der Waals surface area contributed by atoms with Crippen LogP contribution in [-0.2, 0) is 11.3 Å². The molecule has 1 heterocycles. The number of methoxy groups -OCH3 is 1. The fraction of sp³-hybridized carbons (Fsp3) is 0.458.